The fraction of sp³-hybridized carbons (Fsp3) is 0. The van der Waals surface area contributed by atoms with Crippen LogP contribution in [0.4, 0.5) is 0 Å². The average Bonchev–Trinajstić information content (AvgIpc) is 3.49. The smallest absolute Gasteiger partial charge is 0.161 e. The summed E-state index contributed by atoms with van der Waals surface area (Å²) in [6.07, 6.45) is 0. The Morgan fingerprint density at radius 1 is 0.362 bits per heavy atom. The van der Waals surface area contributed by atoms with Crippen LogP contribution < -0.4 is 0 Å². The fourth-order valence-corrected chi connectivity index (χ4v) is 7.47. The second-order valence-corrected chi connectivity index (χ2v) is 12.2. The second-order valence-electron chi connectivity index (χ2n) is 12.2. The van der Waals surface area contributed by atoms with E-state index in [-0.39, 0.29) is 0 Å². The van der Waals surface area contributed by atoms with Crippen molar-refractivity contribution in [2.45, 2.75) is 0 Å². The Kier molecular flexibility index (Phi) is 5.57. The van der Waals surface area contributed by atoms with Crippen molar-refractivity contribution in [3.8, 4) is 28.3 Å². The first kappa shape index (κ1) is 26.0. The Labute approximate surface area is 271 Å². The minimum atomic E-state index is 0.725. The van der Waals surface area contributed by atoms with Gasteiger partial charge in [0.2, 0.25) is 0 Å². The summed E-state index contributed by atoms with van der Waals surface area (Å²) in [6.45, 7) is 0. The van der Waals surface area contributed by atoms with Crippen molar-refractivity contribution in [3.63, 3.8) is 0 Å². The highest BCUT2D eigenvalue weighted by atomic mass is 15.0. The lowest BCUT2D eigenvalue weighted by Crippen LogP contribution is -1.99. The Bertz CT molecular complexity index is 2750. The summed E-state index contributed by atoms with van der Waals surface area (Å²) in [5.41, 5.74) is 7.56. The molecule has 3 nitrogen and oxygen atoms in total. The van der Waals surface area contributed by atoms with Crippen LogP contribution in [0.1, 0.15) is 0 Å². The van der Waals surface area contributed by atoms with E-state index in [0.29, 0.717) is 0 Å². The third kappa shape index (κ3) is 3.87. The van der Waals surface area contributed by atoms with Gasteiger partial charge in [-0.2, -0.15) is 0 Å². The van der Waals surface area contributed by atoms with Crippen molar-refractivity contribution in [1.29, 1.82) is 0 Å². The van der Waals surface area contributed by atoms with Gasteiger partial charge in [-0.05, 0) is 34.4 Å². The molecule has 2 aromatic heterocycles. The maximum absolute atomic E-state index is 5.25. The van der Waals surface area contributed by atoms with E-state index in [2.05, 4.69) is 156 Å². The molecule has 10 aromatic rings. The first-order valence-corrected chi connectivity index (χ1v) is 16.0. The quantitative estimate of drug-likeness (QED) is 0.203. The molecule has 0 unspecified atom stereocenters. The van der Waals surface area contributed by atoms with Gasteiger partial charge in [0.15, 0.2) is 5.82 Å². The average molecular weight is 598 g/mol. The van der Waals surface area contributed by atoms with Crippen LogP contribution in [0.5, 0.6) is 0 Å². The molecule has 0 aliphatic rings. The minimum Gasteiger partial charge on any atom is -0.307 e. The summed E-state index contributed by atoms with van der Waals surface area (Å²) in [4.78, 5) is 10.4. The van der Waals surface area contributed by atoms with Gasteiger partial charge in [-0.25, -0.2) is 9.97 Å². The molecule has 0 radical (unpaired) electrons. The van der Waals surface area contributed by atoms with Crippen LogP contribution in [0.15, 0.2) is 164 Å². The van der Waals surface area contributed by atoms with Crippen LogP contribution in [-0.4, -0.2) is 14.5 Å². The monoisotopic (exact) mass is 597 g/mol. The SMILES string of the molecule is c1ccc(-c2nc(-c3ccc(-n4c5c6ccccc6ccc5c5ccc6ccccc6c54)c4ccccc34)nc3ccccc23)cc1. The van der Waals surface area contributed by atoms with Crippen molar-refractivity contribution in [3.05, 3.63) is 164 Å². The third-order valence-corrected chi connectivity index (χ3v) is 9.57. The molecule has 8 aromatic carbocycles. The van der Waals surface area contributed by atoms with Gasteiger partial charge in [-0.3, -0.25) is 0 Å². The number of nitrogens with zero attached hydrogens (tertiary/aromatic N) is 3. The highest BCUT2D eigenvalue weighted by Crippen LogP contribution is 2.42. The Morgan fingerprint density at radius 2 is 0.915 bits per heavy atom. The fourth-order valence-electron chi connectivity index (χ4n) is 7.47. The predicted octanol–water partition coefficient (Wildman–Crippen LogP) is 11.5. The van der Waals surface area contributed by atoms with Crippen LogP contribution in [0, 0.1) is 0 Å². The number of rotatable bonds is 3. The van der Waals surface area contributed by atoms with Crippen LogP contribution in [0.2, 0.25) is 0 Å². The Balaban J connectivity index is 1.32. The molecule has 47 heavy (non-hydrogen) atoms. The minimum absolute atomic E-state index is 0.725. The lowest BCUT2D eigenvalue weighted by Gasteiger charge is -2.16. The van der Waals surface area contributed by atoms with Crippen molar-refractivity contribution < 1.29 is 0 Å². The molecule has 0 aliphatic heterocycles. The molecule has 0 N–H and O–H groups in total. The molecule has 0 saturated carbocycles. The van der Waals surface area contributed by atoms with E-state index < -0.39 is 0 Å². The van der Waals surface area contributed by atoms with Crippen molar-refractivity contribution in [1.82, 2.24) is 14.5 Å². The first-order valence-electron chi connectivity index (χ1n) is 16.0. The van der Waals surface area contributed by atoms with Gasteiger partial charge in [0.25, 0.3) is 0 Å². The number of benzene rings is 8. The molecule has 3 heteroatoms. The molecule has 218 valence electrons. The normalized spacial score (nSPS) is 11.8. The second kappa shape index (κ2) is 10.1. The van der Waals surface area contributed by atoms with Crippen LogP contribution in [0.3, 0.4) is 0 Å². The maximum atomic E-state index is 5.25. The highest BCUT2D eigenvalue weighted by molar-refractivity contribution is 6.24. The molecule has 0 spiro atoms. The van der Waals surface area contributed by atoms with Crippen LogP contribution in [0.25, 0.3) is 93.4 Å². The maximum Gasteiger partial charge on any atom is 0.161 e. The lowest BCUT2D eigenvalue weighted by atomic mass is 10.0. The first-order chi connectivity index (χ1) is 23.3. The number of fused-ring (bicyclic) bond motifs is 9. The molecule has 2 heterocycles. The number of para-hydroxylation sites is 1. The van der Waals surface area contributed by atoms with Crippen molar-refractivity contribution in [2.24, 2.45) is 0 Å². The summed E-state index contributed by atoms with van der Waals surface area (Å²) in [5, 5.41) is 10.8. The van der Waals surface area contributed by atoms with E-state index >= 15 is 0 Å². The van der Waals surface area contributed by atoms with Gasteiger partial charge in [-0.15, -0.1) is 0 Å². The largest absolute Gasteiger partial charge is 0.307 e. The van der Waals surface area contributed by atoms with Crippen molar-refractivity contribution >= 4 is 65.0 Å². The topological polar surface area (TPSA) is 30.7 Å². The molecule has 0 atom stereocenters. The standard InChI is InChI=1S/C44H27N3/c1-2-14-30(15-3-1)41-38-20-10-11-21-39(38)45-44(46-41)37-26-27-40(34-19-9-8-18-33(34)37)47-42-31-16-6-4-12-28(31)22-24-35(42)36-25-23-29-13-5-7-17-32(29)43(36)47/h1-27H. The van der Waals surface area contributed by atoms with Gasteiger partial charge < -0.3 is 4.57 Å². The third-order valence-electron chi connectivity index (χ3n) is 9.57. The van der Waals surface area contributed by atoms with Gasteiger partial charge in [0.05, 0.1) is 27.9 Å². The van der Waals surface area contributed by atoms with Crippen molar-refractivity contribution in [2.75, 3.05) is 0 Å². The zero-order chi connectivity index (χ0) is 30.9. The lowest BCUT2D eigenvalue weighted by molar-refractivity contribution is 1.20. The summed E-state index contributed by atoms with van der Waals surface area (Å²) in [7, 11) is 0. The van der Waals surface area contributed by atoms with E-state index in [4.69, 9.17) is 9.97 Å². The Hall–Kier alpha value is -6.32. The molecule has 10 rings (SSSR count). The molecule has 0 fully saturated rings. The van der Waals surface area contributed by atoms with Gasteiger partial charge in [0, 0.05) is 43.4 Å². The van der Waals surface area contributed by atoms with E-state index in [9.17, 15) is 0 Å². The molecular formula is C44H27N3. The Morgan fingerprint density at radius 3 is 1.60 bits per heavy atom. The molecule has 0 amide bonds. The molecule has 0 saturated heterocycles. The van der Waals surface area contributed by atoms with E-state index in [1.807, 2.05) is 12.1 Å². The zero-order valence-corrected chi connectivity index (χ0v) is 25.4. The summed E-state index contributed by atoms with van der Waals surface area (Å²) in [5.74, 6) is 0.725. The number of hydrogen-bond acceptors (Lipinski definition) is 2. The van der Waals surface area contributed by atoms with Gasteiger partial charge >= 0.3 is 0 Å². The zero-order valence-electron chi connectivity index (χ0n) is 25.4. The summed E-state index contributed by atoms with van der Waals surface area (Å²) >= 11 is 0. The van der Waals surface area contributed by atoms with E-state index in [0.717, 1.165) is 50.0 Å². The van der Waals surface area contributed by atoms with Crippen LogP contribution in [-0.2, 0) is 0 Å². The summed E-state index contributed by atoms with van der Waals surface area (Å²) < 4.78 is 2.50. The van der Waals surface area contributed by atoms with E-state index in [1.165, 1.54) is 43.4 Å². The van der Waals surface area contributed by atoms with Gasteiger partial charge in [-0.1, -0.05) is 146 Å². The van der Waals surface area contributed by atoms with E-state index in [1.54, 1.807) is 0 Å². The predicted molar refractivity (Wildman–Crippen MR) is 197 cm³/mol. The number of aromatic nitrogens is 3. The number of hydrogen-bond donors (Lipinski definition) is 0. The van der Waals surface area contributed by atoms with Crippen LogP contribution >= 0.6 is 0 Å². The molecular weight excluding hydrogens is 571 g/mol. The summed E-state index contributed by atoms with van der Waals surface area (Å²) in [6, 6.07) is 58.4. The molecule has 0 bridgehead atoms. The highest BCUT2D eigenvalue weighted by Gasteiger charge is 2.20. The van der Waals surface area contributed by atoms with Gasteiger partial charge in [0.1, 0.15) is 0 Å². The molecule has 0 aliphatic carbocycles.